The second-order valence-corrected chi connectivity index (χ2v) is 5.79. The molecule has 0 aliphatic heterocycles. The molecule has 0 atom stereocenters. The minimum absolute atomic E-state index is 0.0331. The molecule has 4 rings (SSSR count). The number of phenols is 1. The molecule has 26 heavy (non-hydrogen) atoms. The van der Waals surface area contributed by atoms with E-state index >= 15 is 0 Å². The van der Waals surface area contributed by atoms with E-state index in [2.05, 4.69) is 10.1 Å². The number of aromatic nitrogens is 3. The van der Waals surface area contributed by atoms with Crippen LogP contribution >= 0.6 is 0 Å². The van der Waals surface area contributed by atoms with Crippen LogP contribution in [-0.4, -0.2) is 19.9 Å². The third-order valence-electron chi connectivity index (χ3n) is 4.02. The first kappa shape index (κ1) is 16.1. The van der Waals surface area contributed by atoms with Crippen LogP contribution in [0.5, 0.6) is 5.75 Å². The summed E-state index contributed by atoms with van der Waals surface area (Å²) in [5.74, 6) is -2.43. The zero-order valence-electron chi connectivity index (χ0n) is 13.3. The molecule has 0 saturated heterocycles. The lowest BCUT2D eigenvalue weighted by Crippen LogP contribution is -2.06. The highest BCUT2D eigenvalue weighted by Crippen LogP contribution is 2.30. The van der Waals surface area contributed by atoms with Gasteiger partial charge in [0.05, 0.1) is 12.7 Å². The van der Waals surface area contributed by atoms with Gasteiger partial charge in [-0.2, -0.15) is 5.10 Å². The lowest BCUT2D eigenvalue weighted by Gasteiger charge is -2.05. The molecule has 2 heterocycles. The summed E-state index contributed by atoms with van der Waals surface area (Å²) in [7, 11) is 0. The average Bonchev–Trinajstić information content (AvgIpc) is 2.96. The molecule has 0 saturated carbocycles. The van der Waals surface area contributed by atoms with Gasteiger partial charge in [-0.05, 0) is 24.3 Å². The Bertz CT molecular complexity index is 1120. The minimum atomic E-state index is -0.961. The fraction of sp³-hybridized carbons (Fsp3) is 0.0526. The molecule has 0 unspecified atom stereocenters. The molecule has 0 bridgehead atoms. The summed E-state index contributed by atoms with van der Waals surface area (Å²) in [5, 5.41) is 14.5. The highest BCUT2D eigenvalue weighted by Gasteiger charge is 2.17. The number of phenolic OH excluding ortho intramolecular Hbond substituents is 1. The number of aromatic hydroxyl groups is 1. The molecular formula is C19H12F3N3O. The van der Waals surface area contributed by atoms with Crippen LogP contribution < -0.4 is 0 Å². The molecule has 2 aromatic carbocycles. The summed E-state index contributed by atoms with van der Waals surface area (Å²) >= 11 is 0. The van der Waals surface area contributed by atoms with Crippen LogP contribution in [0.4, 0.5) is 13.2 Å². The van der Waals surface area contributed by atoms with Crippen LogP contribution in [-0.2, 0) is 6.54 Å². The van der Waals surface area contributed by atoms with Gasteiger partial charge >= 0.3 is 0 Å². The highest BCUT2D eigenvalue weighted by molar-refractivity contribution is 5.91. The van der Waals surface area contributed by atoms with E-state index in [9.17, 15) is 18.3 Å². The Kier molecular flexibility index (Phi) is 3.84. The first-order valence-electron chi connectivity index (χ1n) is 7.77. The van der Waals surface area contributed by atoms with Crippen molar-refractivity contribution in [3.63, 3.8) is 0 Å². The highest BCUT2D eigenvalue weighted by atomic mass is 19.2. The number of fused-ring (bicyclic) bond motifs is 1. The third kappa shape index (κ3) is 2.77. The zero-order valence-corrected chi connectivity index (χ0v) is 13.3. The molecule has 0 aliphatic rings. The summed E-state index contributed by atoms with van der Waals surface area (Å²) in [5.41, 5.74) is 1.37. The van der Waals surface area contributed by atoms with Gasteiger partial charge in [-0.3, -0.25) is 0 Å². The van der Waals surface area contributed by atoms with Crippen molar-refractivity contribution < 1.29 is 18.3 Å². The van der Waals surface area contributed by atoms with Crippen molar-refractivity contribution in [2.75, 3.05) is 0 Å². The maximum Gasteiger partial charge on any atom is 0.163 e. The first-order chi connectivity index (χ1) is 12.5. The number of hydrogen-bond acceptors (Lipinski definition) is 3. The van der Waals surface area contributed by atoms with Gasteiger partial charge in [-0.25, -0.2) is 22.8 Å². The smallest absolute Gasteiger partial charge is 0.163 e. The monoisotopic (exact) mass is 355 g/mol. The third-order valence-corrected chi connectivity index (χ3v) is 4.02. The standard InChI is InChI=1S/C19H12F3N3O/c20-13-8-15-18(11-3-1-5-14(26)7-11)24-25(19(15)23-9-13)10-12-4-2-6-16(21)17(12)22/h1-9,26H,10H2. The van der Waals surface area contributed by atoms with Crippen molar-refractivity contribution >= 4 is 11.0 Å². The van der Waals surface area contributed by atoms with Crippen LogP contribution in [0.25, 0.3) is 22.3 Å². The molecule has 1 N–H and O–H groups in total. The minimum Gasteiger partial charge on any atom is -0.508 e. The van der Waals surface area contributed by atoms with E-state index in [1.807, 2.05) is 0 Å². The molecule has 7 heteroatoms. The maximum atomic E-state index is 14.0. The fourth-order valence-electron chi connectivity index (χ4n) is 2.84. The van der Waals surface area contributed by atoms with Gasteiger partial charge in [-0.1, -0.05) is 24.3 Å². The number of pyridine rings is 1. The van der Waals surface area contributed by atoms with Crippen LogP contribution in [0.2, 0.25) is 0 Å². The van der Waals surface area contributed by atoms with Crippen molar-refractivity contribution in [3.05, 3.63) is 77.7 Å². The van der Waals surface area contributed by atoms with Crippen LogP contribution in [0.1, 0.15) is 5.56 Å². The zero-order chi connectivity index (χ0) is 18.3. The van der Waals surface area contributed by atoms with Gasteiger partial charge in [0.15, 0.2) is 17.3 Å². The normalized spacial score (nSPS) is 11.2. The van der Waals surface area contributed by atoms with E-state index in [4.69, 9.17) is 0 Å². The van der Waals surface area contributed by atoms with Crippen molar-refractivity contribution in [2.24, 2.45) is 0 Å². The summed E-state index contributed by atoms with van der Waals surface area (Å²) in [4.78, 5) is 4.04. The van der Waals surface area contributed by atoms with E-state index in [1.54, 1.807) is 12.1 Å². The van der Waals surface area contributed by atoms with Crippen molar-refractivity contribution in [2.45, 2.75) is 6.54 Å². The van der Waals surface area contributed by atoms with Crippen molar-refractivity contribution in [3.8, 4) is 17.0 Å². The molecule has 130 valence electrons. The van der Waals surface area contributed by atoms with Gasteiger partial charge in [0.1, 0.15) is 17.3 Å². The Morgan fingerprint density at radius 3 is 2.62 bits per heavy atom. The van der Waals surface area contributed by atoms with E-state index in [-0.39, 0.29) is 17.9 Å². The lowest BCUT2D eigenvalue weighted by atomic mass is 10.1. The number of nitrogens with zero attached hydrogens (tertiary/aromatic N) is 3. The summed E-state index contributed by atoms with van der Waals surface area (Å²) in [6.45, 7) is -0.0719. The summed E-state index contributed by atoms with van der Waals surface area (Å²) in [6, 6.07) is 11.5. The first-order valence-corrected chi connectivity index (χ1v) is 7.77. The van der Waals surface area contributed by atoms with E-state index in [0.717, 1.165) is 12.3 Å². The van der Waals surface area contributed by atoms with Crippen molar-refractivity contribution in [1.29, 1.82) is 0 Å². The second kappa shape index (κ2) is 6.18. The van der Waals surface area contributed by atoms with Gasteiger partial charge in [-0.15, -0.1) is 0 Å². The average molecular weight is 355 g/mol. The largest absolute Gasteiger partial charge is 0.508 e. The molecular weight excluding hydrogens is 343 g/mol. The van der Waals surface area contributed by atoms with E-state index < -0.39 is 17.5 Å². The Hall–Kier alpha value is -3.35. The Morgan fingerprint density at radius 1 is 1.00 bits per heavy atom. The van der Waals surface area contributed by atoms with Crippen LogP contribution in [0, 0.1) is 17.5 Å². The van der Waals surface area contributed by atoms with Gasteiger partial charge < -0.3 is 5.11 Å². The van der Waals surface area contributed by atoms with Gasteiger partial charge in [0.2, 0.25) is 0 Å². The second-order valence-electron chi connectivity index (χ2n) is 5.79. The Labute approximate surface area is 146 Å². The molecule has 0 amide bonds. The maximum absolute atomic E-state index is 14.0. The number of rotatable bonds is 3. The topological polar surface area (TPSA) is 50.9 Å². The number of hydrogen-bond donors (Lipinski definition) is 1. The van der Waals surface area contributed by atoms with E-state index in [0.29, 0.717) is 22.3 Å². The molecule has 4 aromatic rings. The SMILES string of the molecule is Oc1cccc(-c2nn(Cc3cccc(F)c3F)c3ncc(F)cc23)c1. The Morgan fingerprint density at radius 2 is 1.81 bits per heavy atom. The number of halogens is 3. The summed E-state index contributed by atoms with van der Waals surface area (Å²) in [6.07, 6.45) is 1.04. The lowest BCUT2D eigenvalue weighted by molar-refractivity contribution is 0.475. The molecule has 4 nitrogen and oxygen atoms in total. The molecule has 0 radical (unpaired) electrons. The quantitative estimate of drug-likeness (QED) is 0.597. The predicted octanol–water partition coefficient (Wildman–Crippen LogP) is 4.27. The molecule has 0 spiro atoms. The summed E-state index contributed by atoms with van der Waals surface area (Å²) < 4.78 is 42.6. The van der Waals surface area contributed by atoms with Crippen LogP contribution in [0.15, 0.2) is 54.7 Å². The van der Waals surface area contributed by atoms with Gasteiger partial charge in [0.25, 0.3) is 0 Å². The van der Waals surface area contributed by atoms with Gasteiger partial charge in [0, 0.05) is 16.5 Å². The Balaban J connectivity index is 1.89. The predicted molar refractivity (Wildman–Crippen MR) is 90.0 cm³/mol. The molecule has 0 fully saturated rings. The van der Waals surface area contributed by atoms with Crippen molar-refractivity contribution in [1.82, 2.24) is 14.8 Å². The number of benzene rings is 2. The fourth-order valence-corrected chi connectivity index (χ4v) is 2.84. The molecule has 2 aromatic heterocycles. The van der Waals surface area contributed by atoms with E-state index in [1.165, 1.54) is 35.0 Å². The van der Waals surface area contributed by atoms with Crippen LogP contribution in [0.3, 0.4) is 0 Å². The molecule has 0 aliphatic carbocycles.